The molecule has 0 aliphatic carbocycles. The van der Waals surface area contributed by atoms with Crippen molar-refractivity contribution in [1.29, 1.82) is 0 Å². The lowest BCUT2D eigenvalue weighted by Gasteiger charge is -2.20. The van der Waals surface area contributed by atoms with Crippen molar-refractivity contribution in [1.82, 2.24) is 0 Å². The van der Waals surface area contributed by atoms with Crippen molar-refractivity contribution in [2.45, 2.75) is 6.42 Å². The van der Waals surface area contributed by atoms with E-state index in [9.17, 15) is 9.59 Å². The summed E-state index contributed by atoms with van der Waals surface area (Å²) in [6.45, 7) is 0.423. The summed E-state index contributed by atoms with van der Waals surface area (Å²) in [7, 11) is 1.52. The molecule has 27 heavy (non-hydrogen) atoms. The van der Waals surface area contributed by atoms with Gasteiger partial charge in [0, 0.05) is 29.7 Å². The molecule has 0 unspecified atom stereocenters. The van der Waals surface area contributed by atoms with Gasteiger partial charge < -0.3 is 24.4 Å². The van der Waals surface area contributed by atoms with Crippen LogP contribution in [-0.4, -0.2) is 32.3 Å². The Hall–Kier alpha value is -2.93. The fourth-order valence-corrected chi connectivity index (χ4v) is 3.38. The largest absolute Gasteiger partial charge is 0.495 e. The number of hydrogen-bond donors (Lipinski definition) is 1. The van der Waals surface area contributed by atoms with Crippen molar-refractivity contribution >= 4 is 34.8 Å². The molecule has 1 N–H and O–H groups in total. The van der Waals surface area contributed by atoms with Gasteiger partial charge in [0.1, 0.15) is 5.75 Å². The first-order valence-corrected chi connectivity index (χ1v) is 8.77. The minimum Gasteiger partial charge on any atom is -0.495 e. The van der Waals surface area contributed by atoms with Crippen LogP contribution >= 0.6 is 11.6 Å². The van der Waals surface area contributed by atoms with E-state index in [0.29, 0.717) is 33.6 Å². The fraction of sp³-hybridized carbons (Fsp3) is 0.263. The van der Waals surface area contributed by atoms with Gasteiger partial charge in [-0.05, 0) is 30.3 Å². The highest BCUT2D eigenvalue weighted by atomic mass is 35.5. The second-order valence-corrected chi connectivity index (χ2v) is 6.72. The number of amides is 2. The Morgan fingerprint density at radius 1 is 1.22 bits per heavy atom. The maximum Gasteiger partial charge on any atom is 0.231 e. The molecule has 1 atom stereocenters. The summed E-state index contributed by atoms with van der Waals surface area (Å²) >= 11 is 6.06. The van der Waals surface area contributed by atoms with Crippen LogP contribution in [0.15, 0.2) is 36.4 Å². The molecule has 0 saturated carbocycles. The lowest BCUT2D eigenvalue weighted by atomic mass is 10.1. The van der Waals surface area contributed by atoms with Crippen LogP contribution in [0.5, 0.6) is 17.2 Å². The summed E-state index contributed by atoms with van der Waals surface area (Å²) in [5, 5.41) is 3.33. The van der Waals surface area contributed by atoms with Crippen molar-refractivity contribution in [3.05, 3.63) is 41.4 Å². The van der Waals surface area contributed by atoms with E-state index >= 15 is 0 Å². The number of ether oxygens (including phenoxy) is 3. The Morgan fingerprint density at radius 2 is 2.04 bits per heavy atom. The number of rotatable bonds is 4. The molecule has 2 heterocycles. The maximum absolute atomic E-state index is 12.6. The van der Waals surface area contributed by atoms with Gasteiger partial charge in [0.2, 0.25) is 18.6 Å². The molecule has 2 amide bonds. The number of nitrogens with zero attached hydrogens (tertiary/aromatic N) is 1. The second-order valence-electron chi connectivity index (χ2n) is 6.28. The zero-order valence-corrected chi connectivity index (χ0v) is 15.3. The first-order chi connectivity index (χ1) is 13.0. The summed E-state index contributed by atoms with van der Waals surface area (Å²) < 4.78 is 15.9. The van der Waals surface area contributed by atoms with Crippen LogP contribution in [0.25, 0.3) is 0 Å². The van der Waals surface area contributed by atoms with Gasteiger partial charge in [-0.1, -0.05) is 11.6 Å². The van der Waals surface area contributed by atoms with Gasteiger partial charge in [-0.25, -0.2) is 0 Å². The lowest BCUT2D eigenvalue weighted by molar-refractivity contribution is -0.122. The van der Waals surface area contributed by atoms with Gasteiger partial charge in [-0.3, -0.25) is 9.59 Å². The molecule has 2 aliphatic rings. The number of hydrogen-bond acceptors (Lipinski definition) is 5. The highest BCUT2D eigenvalue weighted by molar-refractivity contribution is 6.31. The highest BCUT2D eigenvalue weighted by Crippen LogP contribution is 2.36. The topological polar surface area (TPSA) is 77.1 Å². The number of benzene rings is 2. The number of methoxy groups -OCH3 is 1. The number of carbonyl (C=O) groups excluding carboxylic acids is 2. The van der Waals surface area contributed by atoms with Crippen LogP contribution in [0.2, 0.25) is 5.02 Å². The molecule has 0 spiro atoms. The van der Waals surface area contributed by atoms with E-state index in [2.05, 4.69) is 5.32 Å². The van der Waals surface area contributed by atoms with Gasteiger partial charge in [0.25, 0.3) is 0 Å². The third kappa shape index (κ3) is 3.38. The Bertz CT molecular complexity index is 917. The molecule has 8 heteroatoms. The van der Waals surface area contributed by atoms with Gasteiger partial charge in [-0.2, -0.15) is 0 Å². The van der Waals surface area contributed by atoms with E-state index in [0.717, 1.165) is 0 Å². The number of anilines is 2. The normalized spacial score (nSPS) is 17.9. The van der Waals surface area contributed by atoms with Gasteiger partial charge in [0.15, 0.2) is 11.5 Å². The van der Waals surface area contributed by atoms with Crippen molar-refractivity contribution in [3.8, 4) is 17.2 Å². The van der Waals surface area contributed by atoms with Crippen LogP contribution in [0, 0.1) is 5.92 Å². The molecular formula is C19H17ClN2O5. The summed E-state index contributed by atoms with van der Waals surface area (Å²) in [4.78, 5) is 26.7. The van der Waals surface area contributed by atoms with Crippen LogP contribution < -0.4 is 24.4 Å². The smallest absolute Gasteiger partial charge is 0.231 e. The Kier molecular flexibility index (Phi) is 4.53. The van der Waals surface area contributed by atoms with Crippen molar-refractivity contribution in [2.75, 3.05) is 30.7 Å². The summed E-state index contributed by atoms with van der Waals surface area (Å²) in [5.41, 5.74) is 1.16. The Labute approximate surface area is 160 Å². The molecule has 2 aromatic carbocycles. The Morgan fingerprint density at radius 3 is 2.85 bits per heavy atom. The van der Waals surface area contributed by atoms with Gasteiger partial charge in [-0.15, -0.1) is 0 Å². The van der Waals surface area contributed by atoms with E-state index in [-0.39, 0.29) is 31.6 Å². The van der Waals surface area contributed by atoms with Crippen LogP contribution in [0.3, 0.4) is 0 Å². The minimum atomic E-state index is -0.480. The molecule has 0 bridgehead atoms. The average molecular weight is 389 g/mol. The third-order valence-corrected chi connectivity index (χ3v) is 4.80. The quantitative estimate of drug-likeness (QED) is 0.871. The number of fused-ring (bicyclic) bond motifs is 1. The lowest BCUT2D eigenvalue weighted by Crippen LogP contribution is -2.28. The molecule has 0 aromatic heterocycles. The second kappa shape index (κ2) is 7.00. The average Bonchev–Trinajstić information content (AvgIpc) is 3.27. The van der Waals surface area contributed by atoms with Crippen molar-refractivity contribution < 1.29 is 23.8 Å². The minimum absolute atomic E-state index is 0.117. The SMILES string of the molecule is COc1ccc(Cl)cc1N1C[C@@H](C(=O)Nc2ccc3c(c2)OCO3)CC1=O. The fourth-order valence-electron chi connectivity index (χ4n) is 3.21. The number of halogens is 1. The van der Waals surface area contributed by atoms with E-state index < -0.39 is 5.92 Å². The van der Waals surface area contributed by atoms with Gasteiger partial charge in [0.05, 0.1) is 18.7 Å². The van der Waals surface area contributed by atoms with E-state index in [1.165, 1.54) is 12.0 Å². The van der Waals surface area contributed by atoms with Crippen LogP contribution in [-0.2, 0) is 9.59 Å². The zero-order chi connectivity index (χ0) is 19.0. The molecule has 7 nitrogen and oxygen atoms in total. The third-order valence-electron chi connectivity index (χ3n) is 4.57. The molecule has 140 valence electrons. The first kappa shape index (κ1) is 17.5. The maximum atomic E-state index is 12.6. The number of nitrogens with one attached hydrogen (secondary N) is 1. The van der Waals surface area contributed by atoms with E-state index in [1.807, 2.05) is 0 Å². The van der Waals surface area contributed by atoms with E-state index in [1.54, 1.807) is 36.4 Å². The highest BCUT2D eigenvalue weighted by Gasteiger charge is 2.36. The molecule has 2 aliphatic heterocycles. The van der Waals surface area contributed by atoms with Crippen molar-refractivity contribution in [2.24, 2.45) is 5.92 Å². The monoisotopic (exact) mass is 388 g/mol. The molecule has 1 saturated heterocycles. The zero-order valence-electron chi connectivity index (χ0n) is 14.5. The predicted molar refractivity (Wildman–Crippen MR) is 99.7 cm³/mol. The summed E-state index contributed by atoms with van der Waals surface area (Å²) in [6, 6.07) is 10.2. The molecular weight excluding hydrogens is 372 g/mol. The number of carbonyl (C=O) groups is 2. The standard InChI is InChI=1S/C19H17ClN2O5/c1-25-15-4-2-12(20)7-14(15)22-9-11(6-18(22)23)19(24)21-13-3-5-16-17(8-13)27-10-26-16/h2-5,7-8,11H,6,9-10H2,1H3,(H,21,24)/t11-/m0/s1. The van der Waals surface area contributed by atoms with Crippen molar-refractivity contribution in [3.63, 3.8) is 0 Å². The van der Waals surface area contributed by atoms with Gasteiger partial charge >= 0.3 is 0 Å². The molecule has 2 aromatic rings. The van der Waals surface area contributed by atoms with Crippen LogP contribution in [0.1, 0.15) is 6.42 Å². The first-order valence-electron chi connectivity index (χ1n) is 8.39. The Balaban J connectivity index is 1.49. The molecule has 0 radical (unpaired) electrons. The molecule has 1 fully saturated rings. The predicted octanol–water partition coefficient (Wildman–Crippen LogP) is 3.07. The van der Waals surface area contributed by atoms with E-state index in [4.69, 9.17) is 25.8 Å². The molecule has 4 rings (SSSR count). The summed E-state index contributed by atoms with van der Waals surface area (Å²) in [6.07, 6.45) is 0.117. The van der Waals surface area contributed by atoms with Crippen LogP contribution in [0.4, 0.5) is 11.4 Å². The summed E-state index contributed by atoms with van der Waals surface area (Å²) in [5.74, 6) is 0.896.